The largest absolute Gasteiger partial charge is 0.343 e. The molecule has 0 spiro atoms. The van der Waals surface area contributed by atoms with Crippen molar-refractivity contribution in [3.05, 3.63) is 47.8 Å². The molecule has 1 fully saturated rings. The van der Waals surface area contributed by atoms with E-state index in [1.165, 1.54) is 5.56 Å². The lowest BCUT2D eigenvalue weighted by atomic mass is 9.98. The summed E-state index contributed by atoms with van der Waals surface area (Å²) in [6, 6.07) is 8.06. The zero-order chi connectivity index (χ0) is 16.5. The van der Waals surface area contributed by atoms with Gasteiger partial charge in [0, 0.05) is 43.9 Å². The molecule has 2 amide bonds. The number of para-hydroxylation sites is 1. The first kappa shape index (κ1) is 14.9. The minimum absolute atomic E-state index is 0.0315. The minimum Gasteiger partial charge on any atom is -0.343 e. The quantitative estimate of drug-likeness (QED) is 0.937. The van der Waals surface area contributed by atoms with Gasteiger partial charge in [0.2, 0.25) is 5.91 Å². The number of hydrogen-bond donors (Lipinski definition) is 1. The number of aromatic amines is 1. The molecule has 1 atom stereocenters. The highest BCUT2D eigenvalue weighted by atomic mass is 16.2. The van der Waals surface area contributed by atoms with Gasteiger partial charge in [0.05, 0.1) is 11.8 Å². The first-order valence-electron chi connectivity index (χ1n) is 8.41. The van der Waals surface area contributed by atoms with Gasteiger partial charge in [-0.3, -0.25) is 14.7 Å². The van der Waals surface area contributed by atoms with Gasteiger partial charge in [-0.1, -0.05) is 18.2 Å². The van der Waals surface area contributed by atoms with Crippen LogP contribution in [0, 0.1) is 0 Å². The van der Waals surface area contributed by atoms with Gasteiger partial charge in [0.15, 0.2) is 0 Å². The van der Waals surface area contributed by atoms with Crippen LogP contribution < -0.4 is 4.90 Å². The number of likely N-dealkylation sites (tertiary alicyclic amines) is 1. The normalized spacial score (nSPS) is 19.8. The SMILES string of the molecule is O=C1CCCN1CCC1CN(C(=O)c2cn[nH]c2)c2ccccc21. The van der Waals surface area contributed by atoms with Crippen molar-refractivity contribution in [3.8, 4) is 0 Å². The predicted molar refractivity (Wildman–Crippen MR) is 89.9 cm³/mol. The molecule has 24 heavy (non-hydrogen) atoms. The van der Waals surface area contributed by atoms with Crippen LogP contribution in [0.15, 0.2) is 36.7 Å². The van der Waals surface area contributed by atoms with Crippen molar-refractivity contribution in [2.45, 2.75) is 25.2 Å². The number of rotatable bonds is 4. The van der Waals surface area contributed by atoms with E-state index in [0.29, 0.717) is 18.5 Å². The lowest BCUT2D eigenvalue weighted by molar-refractivity contribution is -0.127. The average Bonchev–Trinajstić information content (AvgIpc) is 3.33. The molecule has 1 saturated heterocycles. The number of fused-ring (bicyclic) bond motifs is 1. The van der Waals surface area contributed by atoms with Crippen LogP contribution >= 0.6 is 0 Å². The molecule has 2 aliphatic rings. The van der Waals surface area contributed by atoms with Gasteiger partial charge in [-0.15, -0.1) is 0 Å². The Labute approximate surface area is 140 Å². The van der Waals surface area contributed by atoms with E-state index >= 15 is 0 Å². The molecule has 124 valence electrons. The summed E-state index contributed by atoms with van der Waals surface area (Å²) in [5, 5.41) is 6.56. The molecule has 1 aromatic heterocycles. The Bertz CT molecular complexity index is 756. The zero-order valence-electron chi connectivity index (χ0n) is 13.4. The summed E-state index contributed by atoms with van der Waals surface area (Å²) in [5.74, 6) is 0.494. The van der Waals surface area contributed by atoms with Gasteiger partial charge in [0.1, 0.15) is 0 Å². The fraction of sp³-hybridized carbons (Fsp3) is 0.389. The van der Waals surface area contributed by atoms with Crippen LogP contribution in [0.1, 0.15) is 41.1 Å². The number of benzene rings is 1. The predicted octanol–water partition coefficient (Wildman–Crippen LogP) is 2.17. The van der Waals surface area contributed by atoms with Crippen LogP contribution in [-0.2, 0) is 4.79 Å². The molecule has 1 unspecified atom stereocenters. The Morgan fingerprint density at radius 2 is 2.21 bits per heavy atom. The van der Waals surface area contributed by atoms with Crippen LogP contribution in [0.5, 0.6) is 0 Å². The van der Waals surface area contributed by atoms with E-state index in [9.17, 15) is 9.59 Å². The third kappa shape index (κ3) is 2.58. The van der Waals surface area contributed by atoms with Gasteiger partial charge in [-0.05, 0) is 24.5 Å². The van der Waals surface area contributed by atoms with Crippen LogP contribution in [0.25, 0.3) is 0 Å². The van der Waals surface area contributed by atoms with E-state index in [1.807, 2.05) is 28.0 Å². The van der Waals surface area contributed by atoms with Gasteiger partial charge in [-0.25, -0.2) is 0 Å². The lowest BCUT2D eigenvalue weighted by Crippen LogP contribution is -2.31. The maximum absolute atomic E-state index is 12.7. The van der Waals surface area contributed by atoms with E-state index in [-0.39, 0.29) is 17.7 Å². The standard InChI is InChI=1S/C18H20N4O2/c23-17-6-3-8-21(17)9-7-13-12-22(16-5-2-1-4-15(13)16)18(24)14-10-19-20-11-14/h1-2,4-5,10-11,13H,3,6-9,12H2,(H,19,20). The molecule has 6 heteroatoms. The number of anilines is 1. The Morgan fingerprint density at radius 1 is 1.33 bits per heavy atom. The van der Waals surface area contributed by atoms with Gasteiger partial charge >= 0.3 is 0 Å². The summed E-state index contributed by atoms with van der Waals surface area (Å²) in [7, 11) is 0. The maximum atomic E-state index is 12.7. The van der Waals surface area contributed by atoms with E-state index < -0.39 is 0 Å². The van der Waals surface area contributed by atoms with Crippen molar-refractivity contribution >= 4 is 17.5 Å². The highest BCUT2D eigenvalue weighted by molar-refractivity contribution is 6.07. The second-order valence-corrected chi connectivity index (χ2v) is 6.43. The third-order valence-corrected chi connectivity index (χ3v) is 4.98. The molecule has 1 N–H and O–H groups in total. The van der Waals surface area contributed by atoms with Crippen molar-refractivity contribution in [2.24, 2.45) is 0 Å². The highest BCUT2D eigenvalue weighted by Crippen LogP contribution is 2.38. The van der Waals surface area contributed by atoms with Crippen LogP contribution in [0.4, 0.5) is 5.69 Å². The van der Waals surface area contributed by atoms with Gasteiger partial charge in [0.25, 0.3) is 5.91 Å². The molecular weight excluding hydrogens is 304 g/mol. The van der Waals surface area contributed by atoms with Crippen molar-refractivity contribution in [1.82, 2.24) is 15.1 Å². The van der Waals surface area contributed by atoms with E-state index in [1.54, 1.807) is 12.4 Å². The number of nitrogens with one attached hydrogen (secondary N) is 1. The molecular formula is C18H20N4O2. The molecule has 1 aromatic carbocycles. The third-order valence-electron chi connectivity index (χ3n) is 4.98. The number of hydrogen-bond acceptors (Lipinski definition) is 3. The number of H-pyrrole nitrogens is 1. The number of carbonyl (C=O) groups excluding carboxylic acids is 2. The monoisotopic (exact) mass is 324 g/mol. The first-order valence-corrected chi connectivity index (χ1v) is 8.41. The van der Waals surface area contributed by atoms with Crippen molar-refractivity contribution in [3.63, 3.8) is 0 Å². The molecule has 3 heterocycles. The van der Waals surface area contributed by atoms with Crippen LogP contribution in [0.3, 0.4) is 0 Å². The van der Waals surface area contributed by atoms with Gasteiger partial charge < -0.3 is 9.80 Å². The summed E-state index contributed by atoms with van der Waals surface area (Å²) in [6.45, 7) is 2.29. The summed E-state index contributed by atoms with van der Waals surface area (Å²) < 4.78 is 0. The number of aromatic nitrogens is 2. The molecule has 0 aliphatic carbocycles. The van der Waals surface area contributed by atoms with Crippen molar-refractivity contribution in [1.29, 1.82) is 0 Å². The Hall–Kier alpha value is -2.63. The first-order chi connectivity index (χ1) is 11.7. The molecule has 4 rings (SSSR count). The number of amides is 2. The summed E-state index contributed by atoms with van der Waals surface area (Å²) in [5.41, 5.74) is 2.74. The molecule has 6 nitrogen and oxygen atoms in total. The van der Waals surface area contributed by atoms with Gasteiger partial charge in [-0.2, -0.15) is 5.10 Å². The molecule has 2 aromatic rings. The van der Waals surface area contributed by atoms with Crippen molar-refractivity contribution < 1.29 is 9.59 Å². The lowest BCUT2D eigenvalue weighted by Gasteiger charge is -2.19. The topological polar surface area (TPSA) is 69.3 Å². The molecule has 0 bridgehead atoms. The van der Waals surface area contributed by atoms with Crippen LogP contribution in [-0.4, -0.2) is 46.5 Å². The number of nitrogens with zero attached hydrogens (tertiary/aromatic N) is 3. The fourth-order valence-electron chi connectivity index (χ4n) is 3.71. The Morgan fingerprint density at radius 3 is 2.96 bits per heavy atom. The second kappa shape index (κ2) is 6.11. The Kier molecular flexibility index (Phi) is 3.80. The van der Waals surface area contributed by atoms with Crippen LogP contribution in [0.2, 0.25) is 0 Å². The smallest absolute Gasteiger partial charge is 0.261 e. The summed E-state index contributed by atoms with van der Waals surface area (Å²) in [6.07, 6.45) is 5.71. The van der Waals surface area contributed by atoms with E-state index in [2.05, 4.69) is 16.3 Å². The highest BCUT2D eigenvalue weighted by Gasteiger charge is 2.33. The fourth-order valence-corrected chi connectivity index (χ4v) is 3.71. The Balaban J connectivity index is 1.52. The second-order valence-electron chi connectivity index (χ2n) is 6.43. The van der Waals surface area contributed by atoms with Crippen molar-refractivity contribution in [2.75, 3.05) is 24.5 Å². The number of carbonyl (C=O) groups is 2. The maximum Gasteiger partial charge on any atom is 0.261 e. The van der Waals surface area contributed by atoms with E-state index in [0.717, 1.165) is 31.6 Å². The minimum atomic E-state index is -0.0315. The zero-order valence-corrected chi connectivity index (χ0v) is 13.4. The van der Waals surface area contributed by atoms with E-state index in [4.69, 9.17) is 0 Å². The summed E-state index contributed by atoms with van der Waals surface area (Å²) >= 11 is 0. The molecule has 2 aliphatic heterocycles. The molecule has 0 saturated carbocycles. The summed E-state index contributed by atoms with van der Waals surface area (Å²) in [4.78, 5) is 28.3. The molecule has 0 radical (unpaired) electrons. The average molecular weight is 324 g/mol.